The van der Waals surface area contributed by atoms with Gasteiger partial charge in [-0.1, -0.05) is 24.3 Å². The van der Waals surface area contributed by atoms with Crippen molar-refractivity contribution in [3.63, 3.8) is 0 Å². The third-order valence-electron chi connectivity index (χ3n) is 6.80. The van der Waals surface area contributed by atoms with Crippen molar-refractivity contribution in [1.29, 1.82) is 0 Å². The Morgan fingerprint density at radius 2 is 1.46 bits per heavy atom. The largest absolute Gasteiger partial charge is 0.466 e. The lowest BCUT2D eigenvalue weighted by molar-refractivity contribution is -0.143. The second kappa shape index (κ2) is 9.36. The van der Waals surface area contributed by atoms with Crippen molar-refractivity contribution < 1.29 is 38.1 Å². The highest BCUT2D eigenvalue weighted by Crippen LogP contribution is 2.66. The number of carbonyl (C=O) groups excluding carboxylic acids is 4. The molecule has 9 nitrogen and oxygen atoms in total. The molecule has 0 N–H and O–H groups in total. The third kappa shape index (κ3) is 3.28. The summed E-state index contributed by atoms with van der Waals surface area (Å²) in [5.74, 6) is -2.76. The number of methoxy groups -OCH3 is 4. The topological polar surface area (TPSA) is 108 Å². The normalized spacial score (nSPS) is 27.1. The molecule has 11 heteroatoms. The summed E-state index contributed by atoms with van der Waals surface area (Å²) in [5.41, 5.74) is 0.685. The fraction of sp³-hybridized carbons (Fsp3) is 0.417. The number of carbonyl (C=O) groups is 4. The number of likely N-dealkylation sites (N-methyl/N-ethyl adjacent to an activating group) is 1. The summed E-state index contributed by atoms with van der Waals surface area (Å²) in [4.78, 5) is 54.7. The van der Waals surface area contributed by atoms with Gasteiger partial charge in [0.1, 0.15) is 4.91 Å². The van der Waals surface area contributed by atoms with E-state index in [1.165, 1.54) is 40.2 Å². The van der Waals surface area contributed by atoms with E-state index in [1.54, 1.807) is 7.05 Å². The third-order valence-corrected chi connectivity index (χ3v) is 9.68. The SMILES string of the molecule is COC(=O)C1=C(C(=O)OC)C2N(C)C3C(C(=O)OC)=C(C(=O)OC)C2(c2ccccc23)C(SC)S1. The quantitative estimate of drug-likeness (QED) is 0.421. The molecule has 4 atom stereocenters. The summed E-state index contributed by atoms with van der Waals surface area (Å²) in [6.45, 7) is 0. The second-order valence-electron chi connectivity index (χ2n) is 8.11. The number of ether oxygens (including phenoxy) is 4. The fourth-order valence-corrected chi connectivity index (χ4v) is 8.33. The zero-order valence-corrected chi connectivity index (χ0v) is 21.7. The highest BCUT2D eigenvalue weighted by atomic mass is 32.2. The van der Waals surface area contributed by atoms with Gasteiger partial charge in [0.2, 0.25) is 0 Å². The molecule has 0 fully saturated rings. The lowest BCUT2D eigenvalue weighted by Crippen LogP contribution is -2.68. The molecular formula is C24H25NO8S2. The minimum absolute atomic E-state index is 0.0713. The van der Waals surface area contributed by atoms with Crippen molar-refractivity contribution >= 4 is 47.4 Å². The molecule has 0 aromatic heterocycles. The molecule has 0 amide bonds. The molecule has 2 bridgehead atoms. The van der Waals surface area contributed by atoms with E-state index in [9.17, 15) is 19.2 Å². The van der Waals surface area contributed by atoms with E-state index in [4.69, 9.17) is 18.9 Å². The van der Waals surface area contributed by atoms with Gasteiger partial charge in [-0.05, 0) is 24.4 Å². The molecule has 0 saturated carbocycles. The van der Waals surface area contributed by atoms with Crippen molar-refractivity contribution in [3.8, 4) is 0 Å². The van der Waals surface area contributed by atoms with Crippen molar-refractivity contribution in [1.82, 2.24) is 4.90 Å². The lowest BCUT2D eigenvalue weighted by Gasteiger charge is -2.61. The smallest absolute Gasteiger partial charge is 0.344 e. The van der Waals surface area contributed by atoms with Gasteiger partial charge in [-0.2, -0.15) is 0 Å². The van der Waals surface area contributed by atoms with Crippen molar-refractivity contribution in [2.45, 2.75) is 22.1 Å². The summed E-state index contributed by atoms with van der Waals surface area (Å²) in [7, 11) is 6.72. The Morgan fingerprint density at radius 1 is 0.886 bits per heavy atom. The van der Waals surface area contributed by atoms with Crippen LogP contribution in [-0.4, -0.2) is 81.1 Å². The zero-order chi connectivity index (χ0) is 25.7. The maximum Gasteiger partial charge on any atom is 0.344 e. The van der Waals surface area contributed by atoms with Crippen LogP contribution in [0, 0.1) is 0 Å². The molecule has 0 radical (unpaired) electrons. The summed E-state index contributed by atoms with van der Waals surface area (Å²) in [6.07, 6.45) is 1.84. The van der Waals surface area contributed by atoms with E-state index in [2.05, 4.69) is 0 Å². The van der Waals surface area contributed by atoms with Crippen molar-refractivity contribution in [2.24, 2.45) is 0 Å². The molecule has 0 saturated heterocycles. The zero-order valence-electron chi connectivity index (χ0n) is 20.1. The van der Waals surface area contributed by atoms with Gasteiger partial charge in [0.05, 0.1) is 67.2 Å². The van der Waals surface area contributed by atoms with Crippen molar-refractivity contribution in [3.05, 3.63) is 57.0 Å². The number of esters is 4. The van der Waals surface area contributed by atoms with E-state index in [0.29, 0.717) is 0 Å². The van der Waals surface area contributed by atoms with Gasteiger partial charge < -0.3 is 18.9 Å². The molecule has 3 heterocycles. The molecule has 35 heavy (non-hydrogen) atoms. The highest BCUT2D eigenvalue weighted by Gasteiger charge is 2.69. The van der Waals surface area contributed by atoms with Gasteiger partial charge in [-0.15, -0.1) is 23.5 Å². The molecule has 1 spiro atoms. The maximum absolute atomic E-state index is 13.5. The highest BCUT2D eigenvalue weighted by molar-refractivity contribution is 8.19. The number of thioether (sulfide) groups is 2. The van der Waals surface area contributed by atoms with Gasteiger partial charge in [0.15, 0.2) is 0 Å². The van der Waals surface area contributed by atoms with Crippen LogP contribution in [0.4, 0.5) is 0 Å². The maximum atomic E-state index is 13.5. The Hall–Kier alpha value is -2.76. The van der Waals surface area contributed by atoms with Gasteiger partial charge >= 0.3 is 23.9 Å². The summed E-state index contributed by atoms with van der Waals surface area (Å²) in [5, 5.41) is 0. The first-order valence-corrected chi connectivity index (χ1v) is 12.8. The monoisotopic (exact) mass is 519 g/mol. The average molecular weight is 520 g/mol. The summed E-state index contributed by atoms with van der Waals surface area (Å²) >= 11 is 2.51. The van der Waals surface area contributed by atoms with Crippen LogP contribution in [0.2, 0.25) is 0 Å². The average Bonchev–Trinajstić information content (AvgIpc) is 2.89. The number of rotatable bonds is 5. The first-order chi connectivity index (χ1) is 16.8. The lowest BCUT2D eigenvalue weighted by atomic mass is 9.56. The van der Waals surface area contributed by atoms with E-state index in [-0.39, 0.29) is 21.6 Å². The first kappa shape index (κ1) is 25.3. The first-order valence-electron chi connectivity index (χ1n) is 10.6. The molecule has 4 aliphatic rings. The van der Waals surface area contributed by atoms with E-state index in [1.807, 2.05) is 35.4 Å². The van der Waals surface area contributed by atoms with Crippen LogP contribution in [0.15, 0.2) is 45.9 Å². The predicted molar refractivity (Wildman–Crippen MR) is 129 cm³/mol. The molecular weight excluding hydrogens is 494 g/mol. The standard InChI is InChI=1S/C24H25NO8S2/c1-25-16-11-9-7-8-10-12(11)24(15(21(28)32-4)13(16)19(26)30-2)18(25)14(20(27)31-3)17(22(29)33-5)35-23(24)34-6/h7-10,16,18,23H,1-6H3. The van der Waals surface area contributed by atoms with Crippen molar-refractivity contribution in [2.75, 3.05) is 41.7 Å². The molecule has 186 valence electrons. The van der Waals surface area contributed by atoms with Crippen LogP contribution >= 0.6 is 23.5 Å². The minimum atomic E-state index is -1.25. The minimum Gasteiger partial charge on any atom is -0.466 e. The van der Waals surface area contributed by atoms with Crippen LogP contribution in [-0.2, 0) is 43.5 Å². The summed E-state index contributed by atoms with van der Waals surface area (Å²) in [6, 6.07) is 5.92. The van der Waals surface area contributed by atoms with Crippen LogP contribution in [0.1, 0.15) is 17.2 Å². The molecule has 1 aromatic rings. The summed E-state index contributed by atoms with van der Waals surface area (Å²) < 4.78 is 19.9. The van der Waals surface area contributed by atoms with E-state index < -0.39 is 46.0 Å². The number of benzene rings is 1. The Kier molecular flexibility index (Phi) is 6.78. The van der Waals surface area contributed by atoms with Crippen LogP contribution in [0.5, 0.6) is 0 Å². The Bertz CT molecular complexity index is 1190. The molecule has 1 aromatic carbocycles. The molecule has 1 aliphatic carbocycles. The van der Waals surface area contributed by atoms with Gasteiger partial charge in [-0.3, -0.25) is 4.90 Å². The molecule has 3 aliphatic heterocycles. The number of nitrogens with zero attached hydrogens (tertiary/aromatic N) is 1. The molecule has 4 unspecified atom stereocenters. The Labute approximate surface area is 211 Å². The predicted octanol–water partition coefficient (Wildman–Crippen LogP) is 1.97. The van der Waals surface area contributed by atoms with Gasteiger partial charge in [-0.25, -0.2) is 19.2 Å². The Balaban J connectivity index is 2.22. The van der Waals surface area contributed by atoms with Gasteiger partial charge in [0, 0.05) is 0 Å². The van der Waals surface area contributed by atoms with E-state index in [0.717, 1.165) is 22.9 Å². The van der Waals surface area contributed by atoms with Crippen LogP contribution in [0.25, 0.3) is 0 Å². The Morgan fingerprint density at radius 3 is 2.03 bits per heavy atom. The second-order valence-corrected chi connectivity index (χ2v) is 10.5. The van der Waals surface area contributed by atoms with Crippen LogP contribution < -0.4 is 0 Å². The van der Waals surface area contributed by atoms with Gasteiger partial charge in [0.25, 0.3) is 0 Å². The van der Waals surface area contributed by atoms with E-state index >= 15 is 0 Å². The molecule has 5 rings (SSSR count). The fourth-order valence-electron chi connectivity index (χ4n) is 5.64. The van der Waals surface area contributed by atoms with Crippen LogP contribution in [0.3, 0.4) is 0 Å². The number of hydrogen-bond acceptors (Lipinski definition) is 11. The number of hydrogen-bond donors (Lipinski definition) is 0.